The molecule has 2 heterocycles. The largest absolute Gasteiger partial charge is 0.396 e. The minimum absolute atomic E-state index is 0.0408. The molecule has 0 bridgehead atoms. The number of nitrogens with two attached hydrogens (primary N) is 1. The van der Waals surface area contributed by atoms with Gasteiger partial charge in [-0.05, 0) is 25.0 Å². The Morgan fingerprint density at radius 2 is 2.05 bits per heavy atom. The van der Waals surface area contributed by atoms with E-state index in [-0.39, 0.29) is 11.7 Å². The van der Waals surface area contributed by atoms with Crippen molar-refractivity contribution >= 4 is 17.4 Å². The molecule has 21 heavy (non-hydrogen) atoms. The zero-order valence-electron chi connectivity index (χ0n) is 11.6. The van der Waals surface area contributed by atoms with Crippen LogP contribution in [0.1, 0.15) is 19.3 Å². The number of piperidine rings is 1. The van der Waals surface area contributed by atoms with E-state index in [9.17, 15) is 9.18 Å². The topological polar surface area (TPSA) is 59.2 Å². The molecular weight excluding hydrogens is 269 g/mol. The first-order chi connectivity index (χ1) is 10.2. The van der Waals surface area contributed by atoms with Crippen molar-refractivity contribution in [2.75, 3.05) is 17.2 Å². The summed E-state index contributed by atoms with van der Waals surface area (Å²) in [5.41, 5.74) is 7.48. The van der Waals surface area contributed by atoms with Crippen LogP contribution in [-0.2, 0) is 4.79 Å². The lowest BCUT2D eigenvalue weighted by atomic mass is 10.1. The number of amides is 1. The molecule has 1 aliphatic rings. The molecule has 1 amide bonds. The molecule has 0 unspecified atom stereocenters. The van der Waals surface area contributed by atoms with Crippen LogP contribution < -0.4 is 10.6 Å². The first-order valence-electron chi connectivity index (χ1n) is 6.97. The molecule has 2 N–H and O–H groups in total. The van der Waals surface area contributed by atoms with Gasteiger partial charge in [0, 0.05) is 30.3 Å². The highest BCUT2D eigenvalue weighted by Crippen LogP contribution is 2.30. The summed E-state index contributed by atoms with van der Waals surface area (Å²) < 4.78 is 13.8. The maximum Gasteiger partial charge on any atom is 0.228 e. The van der Waals surface area contributed by atoms with Crippen molar-refractivity contribution in [3.05, 3.63) is 42.3 Å². The van der Waals surface area contributed by atoms with Crippen LogP contribution in [0.4, 0.5) is 15.9 Å². The van der Waals surface area contributed by atoms with Gasteiger partial charge in [0.2, 0.25) is 5.91 Å². The Morgan fingerprint density at radius 3 is 2.76 bits per heavy atom. The van der Waals surface area contributed by atoms with E-state index in [0.717, 1.165) is 12.8 Å². The predicted molar refractivity (Wildman–Crippen MR) is 80.2 cm³/mol. The molecule has 1 aromatic carbocycles. The van der Waals surface area contributed by atoms with Gasteiger partial charge in [-0.1, -0.05) is 18.2 Å². The van der Waals surface area contributed by atoms with Crippen molar-refractivity contribution in [3.8, 4) is 11.1 Å². The third-order valence-corrected chi connectivity index (χ3v) is 3.66. The van der Waals surface area contributed by atoms with Crippen molar-refractivity contribution in [1.82, 2.24) is 4.98 Å². The molecule has 2 aromatic rings. The number of halogens is 1. The van der Waals surface area contributed by atoms with Crippen molar-refractivity contribution in [2.24, 2.45) is 0 Å². The molecule has 0 radical (unpaired) electrons. The standard InChI is InChI=1S/C16H16FN3O/c17-13-6-2-1-5-12(13)11-9-14(18)16(19-10-11)20-8-4-3-7-15(20)21/h1-2,5-6,9-10H,3-4,7-8,18H2. The summed E-state index contributed by atoms with van der Waals surface area (Å²) in [7, 11) is 0. The fraction of sp³-hybridized carbons (Fsp3) is 0.250. The van der Waals surface area contributed by atoms with E-state index >= 15 is 0 Å². The van der Waals surface area contributed by atoms with Gasteiger partial charge in [0.05, 0.1) is 5.69 Å². The highest BCUT2D eigenvalue weighted by atomic mass is 19.1. The highest BCUT2D eigenvalue weighted by Gasteiger charge is 2.22. The molecule has 5 heteroatoms. The van der Waals surface area contributed by atoms with Crippen LogP contribution in [0.15, 0.2) is 36.5 Å². The minimum Gasteiger partial charge on any atom is -0.396 e. The Bertz CT molecular complexity index is 687. The van der Waals surface area contributed by atoms with Crippen LogP contribution >= 0.6 is 0 Å². The van der Waals surface area contributed by atoms with Crippen LogP contribution in [-0.4, -0.2) is 17.4 Å². The van der Waals surface area contributed by atoms with Crippen LogP contribution in [0.5, 0.6) is 0 Å². The van der Waals surface area contributed by atoms with E-state index in [0.29, 0.717) is 35.6 Å². The summed E-state index contributed by atoms with van der Waals surface area (Å²) in [6.07, 6.45) is 3.94. The summed E-state index contributed by atoms with van der Waals surface area (Å²) in [4.78, 5) is 17.8. The SMILES string of the molecule is Nc1cc(-c2ccccc2F)cnc1N1CCCCC1=O. The van der Waals surface area contributed by atoms with Crippen molar-refractivity contribution in [1.29, 1.82) is 0 Å². The lowest BCUT2D eigenvalue weighted by Gasteiger charge is -2.26. The second kappa shape index (κ2) is 5.52. The fourth-order valence-electron chi connectivity index (χ4n) is 2.57. The maximum atomic E-state index is 13.8. The van der Waals surface area contributed by atoms with E-state index in [1.165, 1.54) is 6.07 Å². The lowest BCUT2D eigenvalue weighted by molar-refractivity contribution is -0.119. The molecule has 1 aliphatic heterocycles. The van der Waals surface area contributed by atoms with E-state index in [4.69, 9.17) is 5.73 Å². The number of nitrogens with zero attached hydrogens (tertiary/aromatic N) is 2. The zero-order valence-corrected chi connectivity index (χ0v) is 11.6. The van der Waals surface area contributed by atoms with E-state index in [1.54, 1.807) is 35.4 Å². The first-order valence-corrected chi connectivity index (χ1v) is 6.97. The van der Waals surface area contributed by atoms with Gasteiger partial charge in [-0.2, -0.15) is 0 Å². The third-order valence-electron chi connectivity index (χ3n) is 3.66. The molecule has 108 valence electrons. The zero-order chi connectivity index (χ0) is 14.8. The highest BCUT2D eigenvalue weighted by molar-refractivity contribution is 5.96. The predicted octanol–water partition coefficient (Wildman–Crippen LogP) is 2.99. The lowest BCUT2D eigenvalue weighted by Crippen LogP contribution is -2.36. The number of rotatable bonds is 2. The van der Waals surface area contributed by atoms with Gasteiger partial charge >= 0.3 is 0 Å². The normalized spacial score (nSPS) is 15.3. The number of benzene rings is 1. The van der Waals surface area contributed by atoms with Gasteiger partial charge in [-0.25, -0.2) is 9.37 Å². The molecular formula is C16H16FN3O. The van der Waals surface area contributed by atoms with Gasteiger partial charge in [0.25, 0.3) is 0 Å². The number of carbonyl (C=O) groups excluding carboxylic acids is 1. The van der Waals surface area contributed by atoms with Crippen LogP contribution in [0.3, 0.4) is 0 Å². The van der Waals surface area contributed by atoms with Crippen LogP contribution in [0.2, 0.25) is 0 Å². The molecule has 0 aliphatic carbocycles. The summed E-state index contributed by atoms with van der Waals surface area (Å²) >= 11 is 0. The average molecular weight is 285 g/mol. The second-order valence-electron chi connectivity index (χ2n) is 5.12. The molecule has 0 atom stereocenters. The summed E-state index contributed by atoms with van der Waals surface area (Å²) in [5.74, 6) is 0.194. The van der Waals surface area contributed by atoms with E-state index in [1.807, 2.05) is 0 Å². The number of hydrogen-bond acceptors (Lipinski definition) is 3. The Morgan fingerprint density at radius 1 is 1.24 bits per heavy atom. The van der Waals surface area contributed by atoms with Gasteiger partial charge in [0.1, 0.15) is 5.82 Å². The van der Waals surface area contributed by atoms with Crippen LogP contribution in [0, 0.1) is 5.82 Å². The summed E-state index contributed by atoms with van der Waals surface area (Å²) in [6.45, 7) is 0.634. The summed E-state index contributed by atoms with van der Waals surface area (Å²) in [5, 5.41) is 0. The van der Waals surface area contributed by atoms with Gasteiger partial charge in [-0.3, -0.25) is 9.69 Å². The molecule has 1 fully saturated rings. The molecule has 1 aromatic heterocycles. The molecule has 4 nitrogen and oxygen atoms in total. The molecule has 3 rings (SSSR count). The van der Waals surface area contributed by atoms with Gasteiger partial charge < -0.3 is 5.73 Å². The first kappa shape index (κ1) is 13.5. The number of anilines is 2. The minimum atomic E-state index is -0.319. The number of pyridine rings is 1. The monoisotopic (exact) mass is 285 g/mol. The van der Waals surface area contributed by atoms with Crippen molar-refractivity contribution in [3.63, 3.8) is 0 Å². The van der Waals surface area contributed by atoms with E-state index < -0.39 is 0 Å². The Kier molecular flexibility index (Phi) is 3.56. The van der Waals surface area contributed by atoms with Crippen LogP contribution in [0.25, 0.3) is 11.1 Å². The van der Waals surface area contributed by atoms with Crippen molar-refractivity contribution in [2.45, 2.75) is 19.3 Å². The van der Waals surface area contributed by atoms with Gasteiger partial charge in [0.15, 0.2) is 5.82 Å². The molecule has 0 spiro atoms. The fourth-order valence-corrected chi connectivity index (χ4v) is 2.57. The summed E-state index contributed by atoms with van der Waals surface area (Å²) in [6, 6.07) is 8.14. The number of nitrogen functional groups attached to an aromatic ring is 1. The Hall–Kier alpha value is -2.43. The smallest absolute Gasteiger partial charge is 0.228 e. The Labute approximate surface area is 122 Å². The average Bonchev–Trinajstić information content (AvgIpc) is 2.49. The molecule has 1 saturated heterocycles. The second-order valence-corrected chi connectivity index (χ2v) is 5.12. The number of hydrogen-bond donors (Lipinski definition) is 1. The molecule has 0 saturated carbocycles. The number of aromatic nitrogens is 1. The quantitative estimate of drug-likeness (QED) is 0.922. The van der Waals surface area contributed by atoms with Gasteiger partial charge in [-0.15, -0.1) is 0 Å². The maximum absolute atomic E-state index is 13.8. The third kappa shape index (κ3) is 2.59. The number of carbonyl (C=O) groups is 1. The van der Waals surface area contributed by atoms with E-state index in [2.05, 4.69) is 4.98 Å². The Balaban J connectivity index is 1.97. The van der Waals surface area contributed by atoms with Crippen molar-refractivity contribution < 1.29 is 9.18 Å².